The first-order valence-corrected chi connectivity index (χ1v) is 15.4. The lowest BCUT2D eigenvalue weighted by Gasteiger charge is -2.32. The number of unbranched alkanes of at least 4 members (excludes halogenated alkanes) is 12. The Morgan fingerprint density at radius 1 is 0.438 bits per heavy atom. The van der Waals surface area contributed by atoms with E-state index in [1.165, 1.54) is 154 Å². The van der Waals surface area contributed by atoms with Crippen LogP contribution in [0.25, 0.3) is 0 Å². The second-order valence-electron chi connectivity index (χ2n) is 11.7. The average molecular weight is 449 g/mol. The first-order valence-electron chi connectivity index (χ1n) is 15.4. The van der Waals surface area contributed by atoms with Gasteiger partial charge in [0, 0.05) is 6.61 Å². The monoisotopic (exact) mass is 448 g/mol. The van der Waals surface area contributed by atoms with E-state index in [1.54, 1.807) is 0 Å². The Morgan fingerprint density at radius 2 is 0.812 bits per heavy atom. The lowest BCUT2D eigenvalue weighted by atomic mass is 9.80. The molecule has 1 nitrogen and oxygen atoms in total. The Balaban J connectivity index is 1.39. The van der Waals surface area contributed by atoms with Crippen molar-refractivity contribution in [3.63, 3.8) is 0 Å². The molecule has 1 heteroatoms. The van der Waals surface area contributed by atoms with E-state index in [9.17, 15) is 0 Å². The summed E-state index contributed by atoms with van der Waals surface area (Å²) >= 11 is 0. The summed E-state index contributed by atoms with van der Waals surface area (Å²) in [6.07, 6.45) is 35.3. The first kappa shape index (κ1) is 28.2. The predicted molar refractivity (Wildman–Crippen MR) is 142 cm³/mol. The van der Waals surface area contributed by atoms with E-state index in [2.05, 4.69) is 13.8 Å². The van der Waals surface area contributed by atoms with E-state index in [0.717, 1.165) is 24.4 Å². The molecule has 0 bridgehead atoms. The molecular weight excluding hydrogens is 388 g/mol. The van der Waals surface area contributed by atoms with Gasteiger partial charge < -0.3 is 4.74 Å². The molecule has 2 rings (SSSR count). The Kier molecular flexibility index (Phi) is 17.0. The SMILES string of the molecule is CCCCCCCCCC1CCC(COC2CCC(CCCCCCCCC)CC2)CC1. The second-order valence-corrected chi connectivity index (χ2v) is 11.7. The standard InChI is InChI=1S/C31H60O/c1-3-5-7-9-11-13-15-17-28-19-21-30(22-20-28)27-32-31-25-23-29(24-26-31)18-16-14-12-10-8-6-4-2/h28-31H,3-27H2,1-2H3. The van der Waals surface area contributed by atoms with E-state index < -0.39 is 0 Å². The average Bonchev–Trinajstić information content (AvgIpc) is 2.83. The third-order valence-electron chi connectivity index (χ3n) is 8.76. The van der Waals surface area contributed by atoms with Crippen LogP contribution in [0.1, 0.15) is 168 Å². The molecule has 0 amide bonds. The summed E-state index contributed by atoms with van der Waals surface area (Å²) < 4.78 is 6.43. The molecular formula is C31H60O. The summed E-state index contributed by atoms with van der Waals surface area (Å²) in [5, 5.41) is 0. The minimum atomic E-state index is 0.589. The smallest absolute Gasteiger partial charge is 0.0575 e. The van der Waals surface area contributed by atoms with Crippen molar-refractivity contribution in [1.82, 2.24) is 0 Å². The van der Waals surface area contributed by atoms with Crippen molar-refractivity contribution < 1.29 is 4.74 Å². The van der Waals surface area contributed by atoms with E-state index in [0.29, 0.717) is 6.10 Å². The van der Waals surface area contributed by atoms with Gasteiger partial charge in [0.1, 0.15) is 0 Å². The fraction of sp³-hybridized carbons (Fsp3) is 1.00. The molecule has 2 saturated carbocycles. The van der Waals surface area contributed by atoms with E-state index in [4.69, 9.17) is 4.74 Å². The maximum Gasteiger partial charge on any atom is 0.0575 e. The molecule has 0 atom stereocenters. The molecule has 0 heterocycles. The van der Waals surface area contributed by atoms with Crippen LogP contribution in [0.3, 0.4) is 0 Å². The second kappa shape index (κ2) is 19.3. The van der Waals surface area contributed by atoms with Crippen molar-refractivity contribution in [2.75, 3.05) is 6.61 Å². The quantitative estimate of drug-likeness (QED) is 0.178. The third-order valence-corrected chi connectivity index (χ3v) is 8.76. The molecule has 0 aromatic carbocycles. The zero-order valence-corrected chi connectivity index (χ0v) is 22.4. The molecule has 0 aliphatic heterocycles. The van der Waals surface area contributed by atoms with Crippen LogP contribution >= 0.6 is 0 Å². The van der Waals surface area contributed by atoms with Crippen molar-refractivity contribution in [3.8, 4) is 0 Å². The molecule has 0 aromatic heterocycles. The van der Waals surface area contributed by atoms with Crippen molar-refractivity contribution in [2.24, 2.45) is 17.8 Å². The summed E-state index contributed by atoms with van der Waals surface area (Å²) in [6, 6.07) is 0. The third kappa shape index (κ3) is 13.6. The van der Waals surface area contributed by atoms with Crippen LogP contribution in [0.4, 0.5) is 0 Å². The van der Waals surface area contributed by atoms with Crippen molar-refractivity contribution in [2.45, 2.75) is 174 Å². The van der Waals surface area contributed by atoms with Crippen LogP contribution in [-0.2, 0) is 4.74 Å². The Morgan fingerprint density at radius 3 is 1.28 bits per heavy atom. The van der Waals surface area contributed by atoms with Gasteiger partial charge in [-0.2, -0.15) is 0 Å². The van der Waals surface area contributed by atoms with Gasteiger partial charge in [0.15, 0.2) is 0 Å². The minimum Gasteiger partial charge on any atom is -0.378 e. The Labute approximate surface area is 203 Å². The van der Waals surface area contributed by atoms with Gasteiger partial charge in [0.2, 0.25) is 0 Å². The minimum absolute atomic E-state index is 0.589. The summed E-state index contributed by atoms with van der Waals surface area (Å²) in [4.78, 5) is 0. The summed E-state index contributed by atoms with van der Waals surface area (Å²) in [6.45, 7) is 5.69. The number of hydrogen-bond donors (Lipinski definition) is 0. The van der Waals surface area contributed by atoms with Crippen LogP contribution in [0.2, 0.25) is 0 Å². The van der Waals surface area contributed by atoms with E-state index >= 15 is 0 Å². The summed E-state index contributed by atoms with van der Waals surface area (Å²) in [5.74, 6) is 2.90. The van der Waals surface area contributed by atoms with Gasteiger partial charge in [0.05, 0.1) is 6.10 Å². The highest BCUT2D eigenvalue weighted by Crippen LogP contribution is 2.34. The molecule has 0 N–H and O–H groups in total. The molecule has 0 radical (unpaired) electrons. The van der Waals surface area contributed by atoms with Crippen molar-refractivity contribution >= 4 is 0 Å². The predicted octanol–water partition coefficient (Wildman–Crippen LogP) is 10.6. The lowest BCUT2D eigenvalue weighted by molar-refractivity contribution is -0.0104. The van der Waals surface area contributed by atoms with Gasteiger partial charge in [-0.15, -0.1) is 0 Å². The van der Waals surface area contributed by atoms with Crippen LogP contribution in [0, 0.1) is 17.8 Å². The topological polar surface area (TPSA) is 9.23 Å². The highest BCUT2D eigenvalue weighted by Gasteiger charge is 2.25. The zero-order valence-electron chi connectivity index (χ0n) is 22.4. The van der Waals surface area contributed by atoms with Gasteiger partial charge in [0.25, 0.3) is 0 Å². The largest absolute Gasteiger partial charge is 0.378 e. The molecule has 2 aliphatic rings. The van der Waals surface area contributed by atoms with Gasteiger partial charge in [-0.25, -0.2) is 0 Å². The van der Waals surface area contributed by atoms with Crippen molar-refractivity contribution in [3.05, 3.63) is 0 Å². The molecule has 0 aromatic rings. The van der Waals surface area contributed by atoms with Crippen LogP contribution in [0.15, 0.2) is 0 Å². The molecule has 0 unspecified atom stereocenters. The number of ether oxygens (including phenoxy) is 1. The van der Waals surface area contributed by atoms with Crippen LogP contribution < -0.4 is 0 Å². The summed E-state index contributed by atoms with van der Waals surface area (Å²) in [5.41, 5.74) is 0. The Bertz CT molecular complexity index is 351. The van der Waals surface area contributed by atoms with Gasteiger partial charge in [-0.1, -0.05) is 129 Å². The molecule has 2 fully saturated rings. The molecule has 190 valence electrons. The Hall–Kier alpha value is -0.0400. The van der Waals surface area contributed by atoms with Gasteiger partial charge in [-0.3, -0.25) is 0 Å². The molecule has 0 saturated heterocycles. The highest BCUT2D eigenvalue weighted by atomic mass is 16.5. The normalized spacial score (nSPS) is 26.4. The first-order chi connectivity index (χ1) is 15.8. The van der Waals surface area contributed by atoms with E-state index in [-0.39, 0.29) is 0 Å². The maximum absolute atomic E-state index is 6.43. The zero-order chi connectivity index (χ0) is 22.7. The fourth-order valence-corrected chi connectivity index (χ4v) is 6.33. The number of hydrogen-bond acceptors (Lipinski definition) is 1. The fourth-order valence-electron chi connectivity index (χ4n) is 6.33. The van der Waals surface area contributed by atoms with Crippen LogP contribution in [0.5, 0.6) is 0 Å². The van der Waals surface area contributed by atoms with E-state index in [1.807, 2.05) is 0 Å². The number of rotatable bonds is 19. The molecule has 32 heavy (non-hydrogen) atoms. The molecule has 2 aliphatic carbocycles. The van der Waals surface area contributed by atoms with Crippen LogP contribution in [-0.4, -0.2) is 12.7 Å². The summed E-state index contributed by atoms with van der Waals surface area (Å²) in [7, 11) is 0. The van der Waals surface area contributed by atoms with Gasteiger partial charge >= 0.3 is 0 Å². The lowest BCUT2D eigenvalue weighted by Crippen LogP contribution is -2.26. The highest BCUT2D eigenvalue weighted by molar-refractivity contribution is 4.76. The molecule has 0 spiro atoms. The maximum atomic E-state index is 6.43. The van der Waals surface area contributed by atoms with Crippen molar-refractivity contribution in [1.29, 1.82) is 0 Å². The van der Waals surface area contributed by atoms with Gasteiger partial charge in [-0.05, 0) is 56.3 Å².